The topological polar surface area (TPSA) is 40.6 Å². The van der Waals surface area contributed by atoms with Crippen LogP contribution in [-0.4, -0.2) is 42.0 Å². The number of nitrogens with zero attached hydrogens (tertiary/aromatic N) is 3. The van der Waals surface area contributed by atoms with Gasteiger partial charge in [-0.15, -0.1) is 13.2 Å². The lowest BCUT2D eigenvalue weighted by Gasteiger charge is -2.23. The first-order chi connectivity index (χ1) is 14.9. The largest absolute Gasteiger partial charge is 0.573 e. The molecule has 162 valence electrons. The van der Waals surface area contributed by atoms with Gasteiger partial charge in [-0.25, -0.2) is 0 Å². The van der Waals surface area contributed by atoms with Gasteiger partial charge in [0.2, 0.25) is 0 Å². The van der Waals surface area contributed by atoms with Gasteiger partial charge in [0, 0.05) is 48.6 Å². The van der Waals surface area contributed by atoms with E-state index in [1.165, 1.54) is 17.7 Å². The third-order valence-corrected chi connectivity index (χ3v) is 6.24. The minimum absolute atomic E-state index is 0.141. The van der Waals surface area contributed by atoms with Crippen molar-refractivity contribution in [3.05, 3.63) is 60.3 Å². The Labute approximate surface area is 178 Å². The van der Waals surface area contributed by atoms with Crippen LogP contribution in [0.25, 0.3) is 10.9 Å². The summed E-state index contributed by atoms with van der Waals surface area (Å²) in [5.41, 5.74) is 4.27. The summed E-state index contributed by atoms with van der Waals surface area (Å²) in [5, 5.41) is 4.29. The maximum absolute atomic E-state index is 12.4. The standard InChI is InChI=1S/C23H23F3N4O/c1-27-17-2-7-20-16(8-11-28-21(20)12-17)13-30-15-29(14-22(30)9-10-22)18-3-5-19(6-4-18)31-23(24,25)26/h2-8,11-12,27H,9-10,13-15H2,1H3. The molecule has 1 aliphatic carbocycles. The van der Waals surface area contributed by atoms with Crippen molar-refractivity contribution in [2.45, 2.75) is 31.3 Å². The van der Waals surface area contributed by atoms with E-state index in [-0.39, 0.29) is 11.3 Å². The first kappa shape index (κ1) is 19.9. The van der Waals surface area contributed by atoms with E-state index >= 15 is 0 Å². The number of hydrogen-bond donors (Lipinski definition) is 1. The molecule has 2 aliphatic rings. The second-order valence-corrected chi connectivity index (χ2v) is 8.26. The number of pyridine rings is 1. The molecule has 1 spiro atoms. The summed E-state index contributed by atoms with van der Waals surface area (Å²) >= 11 is 0. The Bertz CT molecular complexity index is 1100. The number of anilines is 2. The van der Waals surface area contributed by atoms with Crippen molar-refractivity contribution in [1.82, 2.24) is 9.88 Å². The van der Waals surface area contributed by atoms with Crippen LogP contribution >= 0.6 is 0 Å². The molecule has 1 saturated heterocycles. The van der Waals surface area contributed by atoms with Crippen molar-refractivity contribution in [2.24, 2.45) is 0 Å². The number of fused-ring (bicyclic) bond motifs is 1. The zero-order chi connectivity index (χ0) is 21.6. The number of halogens is 3. The summed E-state index contributed by atoms with van der Waals surface area (Å²) in [7, 11) is 1.89. The van der Waals surface area contributed by atoms with Crippen molar-refractivity contribution < 1.29 is 17.9 Å². The van der Waals surface area contributed by atoms with Crippen LogP contribution in [0, 0.1) is 0 Å². The second-order valence-electron chi connectivity index (χ2n) is 8.26. The number of nitrogens with one attached hydrogen (secondary N) is 1. The molecular formula is C23H23F3N4O. The zero-order valence-corrected chi connectivity index (χ0v) is 17.1. The molecule has 2 fully saturated rings. The normalized spacial score (nSPS) is 18.0. The first-order valence-electron chi connectivity index (χ1n) is 10.3. The molecule has 2 aromatic carbocycles. The lowest BCUT2D eigenvalue weighted by atomic mass is 10.1. The Morgan fingerprint density at radius 2 is 1.87 bits per heavy atom. The average molecular weight is 428 g/mol. The quantitative estimate of drug-likeness (QED) is 0.620. The van der Waals surface area contributed by atoms with E-state index in [9.17, 15) is 13.2 Å². The molecule has 3 aromatic rings. The lowest BCUT2D eigenvalue weighted by Crippen LogP contribution is -2.32. The highest BCUT2D eigenvalue weighted by Gasteiger charge is 2.53. The predicted molar refractivity (Wildman–Crippen MR) is 114 cm³/mol. The van der Waals surface area contributed by atoms with E-state index in [1.54, 1.807) is 12.1 Å². The van der Waals surface area contributed by atoms with Crippen molar-refractivity contribution in [1.29, 1.82) is 0 Å². The molecule has 2 heterocycles. The molecule has 1 aliphatic heterocycles. The number of rotatable bonds is 5. The molecule has 0 amide bonds. The molecule has 31 heavy (non-hydrogen) atoms. The minimum atomic E-state index is -4.68. The smallest absolute Gasteiger partial charge is 0.406 e. The molecule has 0 radical (unpaired) electrons. The van der Waals surface area contributed by atoms with Gasteiger partial charge in [-0.1, -0.05) is 6.07 Å². The van der Waals surface area contributed by atoms with E-state index in [4.69, 9.17) is 0 Å². The molecule has 0 unspecified atom stereocenters. The summed E-state index contributed by atoms with van der Waals surface area (Å²) in [6.07, 6.45) is -0.563. The van der Waals surface area contributed by atoms with Gasteiger partial charge < -0.3 is 15.0 Å². The minimum Gasteiger partial charge on any atom is -0.406 e. The first-order valence-corrected chi connectivity index (χ1v) is 10.3. The number of ether oxygens (including phenoxy) is 1. The van der Waals surface area contributed by atoms with Gasteiger partial charge in [0.15, 0.2) is 0 Å². The SMILES string of the molecule is CNc1ccc2c(CN3CN(c4ccc(OC(F)(F)F)cc4)CC34CC4)ccnc2c1. The van der Waals surface area contributed by atoms with Gasteiger partial charge in [-0.05, 0) is 60.9 Å². The van der Waals surface area contributed by atoms with Gasteiger partial charge in [-0.2, -0.15) is 0 Å². The van der Waals surface area contributed by atoms with Crippen LogP contribution in [0.1, 0.15) is 18.4 Å². The summed E-state index contributed by atoms with van der Waals surface area (Å²) in [5.74, 6) is -0.197. The van der Waals surface area contributed by atoms with Crippen LogP contribution in [0.4, 0.5) is 24.5 Å². The lowest BCUT2D eigenvalue weighted by molar-refractivity contribution is -0.274. The maximum Gasteiger partial charge on any atom is 0.573 e. The maximum atomic E-state index is 12.4. The van der Waals surface area contributed by atoms with Crippen LogP contribution in [0.5, 0.6) is 5.75 Å². The molecule has 1 aromatic heterocycles. The van der Waals surface area contributed by atoms with Crippen molar-refractivity contribution in [3.8, 4) is 5.75 Å². The molecule has 0 bridgehead atoms. The molecular weight excluding hydrogens is 405 g/mol. The Hall–Kier alpha value is -3.00. The monoisotopic (exact) mass is 428 g/mol. The molecule has 1 saturated carbocycles. The number of hydrogen-bond acceptors (Lipinski definition) is 5. The third kappa shape index (κ3) is 3.99. The number of benzene rings is 2. The van der Waals surface area contributed by atoms with E-state index in [0.717, 1.165) is 54.9 Å². The third-order valence-electron chi connectivity index (χ3n) is 6.24. The van der Waals surface area contributed by atoms with E-state index in [2.05, 4.69) is 43.0 Å². The summed E-state index contributed by atoms with van der Waals surface area (Å²) < 4.78 is 41.2. The summed E-state index contributed by atoms with van der Waals surface area (Å²) in [4.78, 5) is 9.22. The summed E-state index contributed by atoms with van der Waals surface area (Å²) in [6, 6.07) is 14.4. The van der Waals surface area contributed by atoms with Crippen LogP contribution in [0.3, 0.4) is 0 Å². The average Bonchev–Trinajstić information content (AvgIpc) is 3.43. The van der Waals surface area contributed by atoms with Crippen molar-refractivity contribution in [3.63, 3.8) is 0 Å². The van der Waals surface area contributed by atoms with Gasteiger partial charge >= 0.3 is 6.36 Å². The van der Waals surface area contributed by atoms with Crippen LogP contribution < -0.4 is 15.0 Å². The fraction of sp³-hybridized carbons (Fsp3) is 0.348. The van der Waals surface area contributed by atoms with Crippen LogP contribution in [-0.2, 0) is 6.54 Å². The molecule has 8 heteroatoms. The van der Waals surface area contributed by atoms with E-state index in [0.29, 0.717) is 0 Å². The van der Waals surface area contributed by atoms with Crippen LogP contribution in [0.2, 0.25) is 0 Å². The van der Waals surface area contributed by atoms with Gasteiger partial charge in [0.25, 0.3) is 0 Å². The van der Waals surface area contributed by atoms with E-state index < -0.39 is 6.36 Å². The van der Waals surface area contributed by atoms with E-state index in [1.807, 2.05) is 19.3 Å². The van der Waals surface area contributed by atoms with Gasteiger partial charge in [0.05, 0.1) is 12.2 Å². The van der Waals surface area contributed by atoms with Crippen molar-refractivity contribution >= 4 is 22.3 Å². The second kappa shape index (κ2) is 7.30. The van der Waals surface area contributed by atoms with Gasteiger partial charge in [0.1, 0.15) is 5.75 Å². The van der Waals surface area contributed by atoms with Gasteiger partial charge in [-0.3, -0.25) is 9.88 Å². The fourth-order valence-electron chi connectivity index (χ4n) is 4.44. The molecule has 1 N–H and O–H groups in total. The highest BCUT2D eigenvalue weighted by molar-refractivity contribution is 5.85. The predicted octanol–water partition coefficient (Wildman–Crippen LogP) is 4.99. The number of aromatic nitrogens is 1. The fourth-order valence-corrected chi connectivity index (χ4v) is 4.44. The highest BCUT2D eigenvalue weighted by atomic mass is 19.4. The Morgan fingerprint density at radius 1 is 1.10 bits per heavy atom. The molecule has 5 rings (SSSR count). The zero-order valence-electron chi connectivity index (χ0n) is 17.1. The Balaban J connectivity index is 1.35. The Kier molecular flexibility index (Phi) is 4.69. The number of alkyl halides is 3. The van der Waals surface area contributed by atoms with Crippen LogP contribution in [0.15, 0.2) is 54.7 Å². The highest BCUT2D eigenvalue weighted by Crippen LogP contribution is 2.48. The van der Waals surface area contributed by atoms with Crippen molar-refractivity contribution in [2.75, 3.05) is 30.5 Å². The Morgan fingerprint density at radius 3 is 2.55 bits per heavy atom. The summed E-state index contributed by atoms with van der Waals surface area (Å²) in [6.45, 7) is 2.42. The molecule has 0 atom stereocenters. The molecule has 5 nitrogen and oxygen atoms in total.